The van der Waals surface area contributed by atoms with E-state index in [-0.39, 0.29) is 0 Å². The maximum Gasteiger partial charge on any atom is 0.222 e. The van der Waals surface area contributed by atoms with E-state index in [1.807, 2.05) is 4.90 Å². The van der Waals surface area contributed by atoms with Gasteiger partial charge in [-0.15, -0.1) is 0 Å². The van der Waals surface area contributed by atoms with Crippen LogP contribution < -0.4 is 4.90 Å². The fourth-order valence-corrected chi connectivity index (χ4v) is 5.66. The predicted molar refractivity (Wildman–Crippen MR) is 114 cm³/mol. The Labute approximate surface area is 174 Å². The molecule has 0 radical (unpaired) electrons. The SMILES string of the molecule is O=C(CCC1CCCC1)N1CCc2c(ncnc2N2CCN(C3CCC3)CC2)C1. The summed E-state index contributed by atoms with van der Waals surface area (Å²) in [5.74, 6) is 2.22. The molecule has 4 aliphatic rings. The molecular formula is C23H35N5O. The van der Waals surface area contributed by atoms with Crippen LogP contribution in [0.3, 0.4) is 0 Å². The molecule has 6 nitrogen and oxygen atoms in total. The number of hydrogen-bond donors (Lipinski definition) is 0. The lowest BCUT2D eigenvalue weighted by atomic mass is 9.91. The third kappa shape index (κ3) is 4.14. The molecule has 0 bridgehead atoms. The third-order valence-corrected chi connectivity index (χ3v) is 7.78. The Morgan fingerprint density at radius 3 is 2.48 bits per heavy atom. The van der Waals surface area contributed by atoms with E-state index in [9.17, 15) is 4.79 Å². The van der Waals surface area contributed by atoms with Gasteiger partial charge in [-0.1, -0.05) is 32.1 Å². The molecule has 6 heteroatoms. The summed E-state index contributed by atoms with van der Waals surface area (Å²) < 4.78 is 0. The Balaban J connectivity index is 1.19. The molecule has 3 fully saturated rings. The lowest BCUT2D eigenvalue weighted by Crippen LogP contribution is -2.52. The monoisotopic (exact) mass is 397 g/mol. The molecule has 0 unspecified atom stereocenters. The highest BCUT2D eigenvalue weighted by Crippen LogP contribution is 2.31. The quantitative estimate of drug-likeness (QED) is 0.764. The van der Waals surface area contributed by atoms with Gasteiger partial charge >= 0.3 is 0 Å². The van der Waals surface area contributed by atoms with Gasteiger partial charge < -0.3 is 9.80 Å². The number of carbonyl (C=O) groups excluding carboxylic acids is 1. The second kappa shape index (κ2) is 8.58. The second-order valence-electron chi connectivity index (χ2n) is 9.48. The van der Waals surface area contributed by atoms with E-state index < -0.39 is 0 Å². The van der Waals surface area contributed by atoms with Crippen molar-refractivity contribution in [2.45, 2.75) is 76.8 Å². The minimum absolute atomic E-state index is 0.317. The number of hydrogen-bond acceptors (Lipinski definition) is 5. The molecule has 2 aliphatic heterocycles. The highest BCUT2D eigenvalue weighted by molar-refractivity contribution is 5.76. The molecule has 0 atom stereocenters. The van der Waals surface area contributed by atoms with Crippen molar-refractivity contribution in [1.82, 2.24) is 19.8 Å². The van der Waals surface area contributed by atoms with E-state index in [1.165, 1.54) is 50.5 Å². The van der Waals surface area contributed by atoms with E-state index in [0.717, 1.165) is 69.0 Å². The topological polar surface area (TPSA) is 52.6 Å². The zero-order valence-electron chi connectivity index (χ0n) is 17.7. The largest absolute Gasteiger partial charge is 0.354 e. The van der Waals surface area contributed by atoms with E-state index in [2.05, 4.69) is 19.8 Å². The minimum Gasteiger partial charge on any atom is -0.354 e. The van der Waals surface area contributed by atoms with Crippen LogP contribution in [0, 0.1) is 5.92 Å². The fraction of sp³-hybridized carbons (Fsp3) is 0.783. The number of nitrogens with zero attached hydrogens (tertiary/aromatic N) is 5. The lowest BCUT2D eigenvalue weighted by molar-refractivity contribution is -0.132. The smallest absolute Gasteiger partial charge is 0.222 e. The number of fused-ring (bicyclic) bond motifs is 1. The molecule has 29 heavy (non-hydrogen) atoms. The van der Waals surface area contributed by atoms with Gasteiger partial charge in [0.1, 0.15) is 12.1 Å². The van der Waals surface area contributed by atoms with Crippen LogP contribution in [0.1, 0.15) is 69.0 Å². The van der Waals surface area contributed by atoms with E-state index in [1.54, 1.807) is 6.33 Å². The van der Waals surface area contributed by atoms with Crippen LogP contribution >= 0.6 is 0 Å². The summed E-state index contributed by atoms with van der Waals surface area (Å²) in [6.45, 7) is 5.90. The van der Waals surface area contributed by atoms with Crippen LogP contribution in [0.4, 0.5) is 5.82 Å². The van der Waals surface area contributed by atoms with Crippen molar-refractivity contribution in [3.8, 4) is 0 Å². The first kappa shape index (κ1) is 19.3. The summed E-state index contributed by atoms with van der Waals surface area (Å²) >= 11 is 0. The van der Waals surface area contributed by atoms with Gasteiger partial charge in [0.2, 0.25) is 5.91 Å². The Bertz CT molecular complexity index is 720. The first-order valence-electron chi connectivity index (χ1n) is 11.9. The van der Waals surface area contributed by atoms with Crippen LogP contribution in [0.15, 0.2) is 6.33 Å². The van der Waals surface area contributed by atoms with E-state index >= 15 is 0 Å². The third-order valence-electron chi connectivity index (χ3n) is 7.78. The van der Waals surface area contributed by atoms with Crippen molar-refractivity contribution in [2.75, 3.05) is 37.6 Å². The van der Waals surface area contributed by atoms with Crippen LogP contribution in [0.2, 0.25) is 0 Å². The average molecular weight is 398 g/mol. The van der Waals surface area contributed by atoms with Crippen molar-refractivity contribution in [3.05, 3.63) is 17.6 Å². The van der Waals surface area contributed by atoms with Crippen LogP contribution in [0.25, 0.3) is 0 Å². The van der Waals surface area contributed by atoms with Crippen molar-refractivity contribution in [3.63, 3.8) is 0 Å². The molecule has 5 rings (SSSR count). The lowest BCUT2D eigenvalue weighted by Gasteiger charge is -2.43. The van der Waals surface area contributed by atoms with Gasteiger partial charge in [0.15, 0.2) is 0 Å². The van der Waals surface area contributed by atoms with Gasteiger partial charge in [0.05, 0.1) is 12.2 Å². The molecule has 2 aliphatic carbocycles. The number of amides is 1. The molecule has 1 saturated heterocycles. The van der Waals surface area contributed by atoms with Gasteiger partial charge in [-0.05, 0) is 31.6 Å². The summed E-state index contributed by atoms with van der Waals surface area (Å²) in [4.78, 5) is 29.1. The standard InChI is InChI=1S/C23H35N5O/c29-22(9-8-18-4-1-2-5-18)28-11-10-20-21(16-28)24-17-25-23(20)27-14-12-26(13-15-27)19-6-3-7-19/h17-19H,1-16H2. The van der Waals surface area contributed by atoms with Crippen LogP contribution in [0.5, 0.6) is 0 Å². The molecular weight excluding hydrogens is 362 g/mol. The molecule has 0 N–H and O–H groups in total. The molecule has 2 saturated carbocycles. The molecule has 1 aromatic heterocycles. The molecule has 0 aromatic carbocycles. The van der Waals surface area contributed by atoms with E-state index in [0.29, 0.717) is 18.9 Å². The summed E-state index contributed by atoms with van der Waals surface area (Å²) in [5, 5.41) is 0. The predicted octanol–water partition coefficient (Wildman–Crippen LogP) is 3.01. The van der Waals surface area contributed by atoms with Crippen molar-refractivity contribution in [1.29, 1.82) is 0 Å². The molecule has 0 spiro atoms. The Hall–Kier alpha value is -1.69. The summed E-state index contributed by atoms with van der Waals surface area (Å²) in [7, 11) is 0. The van der Waals surface area contributed by atoms with Gasteiger partial charge in [0.25, 0.3) is 0 Å². The second-order valence-corrected chi connectivity index (χ2v) is 9.48. The maximum absolute atomic E-state index is 12.8. The first-order valence-corrected chi connectivity index (χ1v) is 11.9. The summed E-state index contributed by atoms with van der Waals surface area (Å²) in [6.07, 6.45) is 13.9. The van der Waals surface area contributed by atoms with E-state index in [4.69, 9.17) is 0 Å². The molecule has 158 valence electrons. The Morgan fingerprint density at radius 2 is 1.76 bits per heavy atom. The first-order chi connectivity index (χ1) is 14.3. The summed E-state index contributed by atoms with van der Waals surface area (Å²) in [6, 6.07) is 0.834. The number of carbonyl (C=O) groups is 1. The molecule has 3 heterocycles. The Morgan fingerprint density at radius 1 is 0.966 bits per heavy atom. The fourth-order valence-electron chi connectivity index (χ4n) is 5.66. The van der Waals surface area contributed by atoms with Crippen molar-refractivity contribution >= 4 is 11.7 Å². The molecule has 1 aromatic rings. The zero-order valence-corrected chi connectivity index (χ0v) is 17.7. The number of rotatable bonds is 5. The highest BCUT2D eigenvalue weighted by atomic mass is 16.2. The zero-order chi connectivity index (χ0) is 19.6. The minimum atomic E-state index is 0.317. The molecule has 1 amide bonds. The average Bonchev–Trinajstić information content (AvgIpc) is 3.24. The van der Waals surface area contributed by atoms with Gasteiger partial charge in [-0.25, -0.2) is 9.97 Å². The Kier molecular flexibility index (Phi) is 5.71. The van der Waals surface area contributed by atoms with Gasteiger partial charge in [0, 0.05) is 50.7 Å². The van der Waals surface area contributed by atoms with Gasteiger partial charge in [-0.3, -0.25) is 9.69 Å². The van der Waals surface area contributed by atoms with Crippen molar-refractivity contribution in [2.24, 2.45) is 5.92 Å². The summed E-state index contributed by atoms with van der Waals surface area (Å²) in [5.41, 5.74) is 2.35. The highest BCUT2D eigenvalue weighted by Gasteiger charge is 2.31. The number of aromatic nitrogens is 2. The van der Waals surface area contributed by atoms with Gasteiger partial charge in [-0.2, -0.15) is 0 Å². The normalized spacial score (nSPS) is 23.9. The maximum atomic E-state index is 12.8. The number of anilines is 1. The van der Waals surface area contributed by atoms with Crippen LogP contribution in [-0.4, -0.2) is 64.4 Å². The van der Waals surface area contributed by atoms with Crippen molar-refractivity contribution < 1.29 is 4.79 Å². The van der Waals surface area contributed by atoms with Crippen LogP contribution in [-0.2, 0) is 17.8 Å². The number of piperazine rings is 1.